The second-order valence-electron chi connectivity index (χ2n) is 2.74. The van der Waals surface area contributed by atoms with E-state index in [0.29, 0.717) is 0 Å². The van der Waals surface area contributed by atoms with Gasteiger partial charge in [-0.3, -0.25) is 4.90 Å². The van der Waals surface area contributed by atoms with E-state index < -0.39 is 0 Å². The lowest BCUT2D eigenvalue weighted by Crippen LogP contribution is -2.24. The van der Waals surface area contributed by atoms with Gasteiger partial charge in [-0.05, 0) is 12.7 Å². The van der Waals surface area contributed by atoms with Crippen LogP contribution < -0.4 is 0 Å². The van der Waals surface area contributed by atoms with Crippen molar-refractivity contribution in [3.8, 4) is 0 Å². The zero-order chi connectivity index (χ0) is 7.40. The minimum Gasteiger partial charge on any atom is -0.392 e. The van der Waals surface area contributed by atoms with E-state index >= 15 is 0 Å². The second kappa shape index (κ2) is 4.21. The van der Waals surface area contributed by atoms with E-state index in [2.05, 4.69) is 11.2 Å². The number of hydrogen-bond acceptors (Lipinski definition) is 3. The van der Waals surface area contributed by atoms with Crippen LogP contribution in [0, 0.1) is 0 Å². The Morgan fingerprint density at radius 3 is 3.00 bits per heavy atom. The van der Waals surface area contributed by atoms with Gasteiger partial charge in [-0.25, -0.2) is 0 Å². The maximum absolute atomic E-state index is 9.15. The first-order valence-corrected chi connectivity index (χ1v) is 5.11. The van der Waals surface area contributed by atoms with Gasteiger partial charge in [-0.2, -0.15) is 11.8 Å². The minimum absolute atomic E-state index is 0.0538. The van der Waals surface area contributed by atoms with Crippen LogP contribution in [0.15, 0.2) is 0 Å². The minimum atomic E-state index is -0.0538. The quantitative estimate of drug-likeness (QED) is 0.649. The smallest absolute Gasteiger partial charge is 0.0679 e. The van der Waals surface area contributed by atoms with Crippen LogP contribution in [0.1, 0.15) is 6.42 Å². The predicted molar refractivity (Wildman–Crippen MR) is 45.4 cm³/mol. The molecule has 1 rings (SSSR count). The predicted octanol–water partition coefficient (Wildman–Crippen LogP) is 0.416. The standard InChI is InChI=1S/C7H15NOS/c1-10-5-4-8-3-2-7(9)6-8/h7,9H,2-6H2,1H3/t7-/m0/s1. The fourth-order valence-corrected chi connectivity index (χ4v) is 1.68. The Balaban J connectivity index is 2.06. The van der Waals surface area contributed by atoms with Gasteiger partial charge in [0, 0.05) is 25.4 Å². The van der Waals surface area contributed by atoms with Crippen molar-refractivity contribution in [3.05, 3.63) is 0 Å². The summed E-state index contributed by atoms with van der Waals surface area (Å²) in [7, 11) is 0. The maximum atomic E-state index is 9.15. The fourth-order valence-electron chi connectivity index (χ4n) is 1.24. The zero-order valence-corrected chi connectivity index (χ0v) is 7.23. The molecule has 0 aromatic carbocycles. The van der Waals surface area contributed by atoms with Gasteiger partial charge in [-0.15, -0.1) is 0 Å². The molecule has 1 atom stereocenters. The average molecular weight is 161 g/mol. The second-order valence-corrected chi connectivity index (χ2v) is 3.72. The summed E-state index contributed by atoms with van der Waals surface area (Å²) >= 11 is 1.87. The Kier molecular flexibility index (Phi) is 3.52. The van der Waals surface area contributed by atoms with E-state index in [-0.39, 0.29) is 6.10 Å². The number of hydrogen-bond donors (Lipinski definition) is 1. The summed E-state index contributed by atoms with van der Waals surface area (Å²) in [6, 6.07) is 0. The molecule has 0 spiro atoms. The third kappa shape index (κ3) is 2.48. The Morgan fingerprint density at radius 2 is 2.50 bits per heavy atom. The molecule has 0 radical (unpaired) electrons. The molecule has 1 saturated heterocycles. The molecule has 60 valence electrons. The molecule has 0 aromatic heterocycles. The van der Waals surface area contributed by atoms with Crippen molar-refractivity contribution in [1.29, 1.82) is 0 Å². The SMILES string of the molecule is CSCCN1CC[C@H](O)C1. The largest absolute Gasteiger partial charge is 0.392 e. The number of β-amino-alcohol motifs (C(OH)–C–C–N with tert-alkyl or cyclic N) is 1. The molecule has 1 aliphatic heterocycles. The molecular weight excluding hydrogens is 146 g/mol. The molecule has 0 bridgehead atoms. The van der Waals surface area contributed by atoms with Crippen molar-refractivity contribution < 1.29 is 5.11 Å². The molecule has 1 heterocycles. The van der Waals surface area contributed by atoms with Crippen molar-refractivity contribution in [2.45, 2.75) is 12.5 Å². The van der Waals surface area contributed by atoms with E-state index in [1.165, 1.54) is 5.75 Å². The lowest BCUT2D eigenvalue weighted by Gasteiger charge is -2.12. The Labute approximate surface area is 66.6 Å². The third-order valence-electron chi connectivity index (χ3n) is 1.86. The molecule has 1 aliphatic rings. The van der Waals surface area contributed by atoms with Crippen LogP contribution in [-0.4, -0.2) is 47.8 Å². The Bertz CT molecular complexity index is 99.6. The summed E-state index contributed by atoms with van der Waals surface area (Å²) in [6.45, 7) is 3.11. The zero-order valence-electron chi connectivity index (χ0n) is 6.42. The van der Waals surface area contributed by atoms with Crippen molar-refractivity contribution in [2.75, 3.05) is 31.6 Å². The van der Waals surface area contributed by atoms with Gasteiger partial charge in [-0.1, -0.05) is 0 Å². The molecule has 10 heavy (non-hydrogen) atoms. The summed E-state index contributed by atoms with van der Waals surface area (Å²) < 4.78 is 0. The molecule has 1 N–H and O–H groups in total. The van der Waals surface area contributed by atoms with Crippen LogP contribution in [0.25, 0.3) is 0 Å². The highest BCUT2D eigenvalue weighted by Crippen LogP contribution is 2.08. The van der Waals surface area contributed by atoms with E-state index in [9.17, 15) is 0 Å². The highest BCUT2D eigenvalue weighted by Gasteiger charge is 2.18. The molecule has 2 nitrogen and oxygen atoms in total. The van der Waals surface area contributed by atoms with E-state index in [1.807, 2.05) is 11.8 Å². The first-order valence-electron chi connectivity index (χ1n) is 3.72. The highest BCUT2D eigenvalue weighted by molar-refractivity contribution is 7.98. The third-order valence-corrected chi connectivity index (χ3v) is 2.45. The van der Waals surface area contributed by atoms with Crippen LogP contribution in [-0.2, 0) is 0 Å². The number of aliphatic hydroxyl groups excluding tert-OH is 1. The lowest BCUT2D eigenvalue weighted by molar-refractivity contribution is 0.178. The van der Waals surface area contributed by atoms with Gasteiger partial charge < -0.3 is 5.11 Å². The number of thioether (sulfide) groups is 1. The monoisotopic (exact) mass is 161 g/mol. The van der Waals surface area contributed by atoms with E-state index in [0.717, 1.165) is 26.1 Å². The van der Waals surface area contributed by atoms with Crippen LogP contribution in [0.4, 0.5) is 0 Å². The Hall–Kier alpha value is 0.270. The molecule has 0 saturated carbocycles. The number of nitrogens with zero attached hydrogens (tertiary/aromatic N) is 1. The van der Waals surface area contributed by atoms with Crippen molar-refractivity contribution >= 4 is 11.8 Å². The van der Waals surface area contributed by atoms with Crippen molar-refractivity contribution in [3.63, 3.8) is 0 Å². The number of aliphatic hydroxyl groups is 1. The van der Waals surface area contributed by atoms with Gasteiger partial charge in [0.1, 0.15) is 0 Å². The first kappa shape index (κ1) is 8.37. The summed E-state index contributed by atoms with van der Waals surface area (Å²) in [6.07, 6.45) is 3.03. The maximum Gasteiger partial charge on any atom is 0.0679 e. The van der Waals surface area contributed by atoms with E-state index in [4.69, 9.17) is 5.11 Å². The van der Waals surface area contributed by atoms with Crippen molar-refractivity contribution in [2.24, 2.45) is 0 Å². The molecule has 0 aromatic rings. The fraction of sp³-hybridized carbons (Fsp3) is 1.00. The normalized spacial score (nSPS) is 27.6. The molecular formula is C7H15NOS. The van der Waals surface area contributed by atoms with Crippen LogP contribution in [0.5, 0.6) is 0 Å². The number of likely N-dealkylation sites (tertiary alicyclic amines) is 1. The molecule has 3 heteroatoms. The Morgan fingerprint density at radius 1 is 1.70 bits per heavy atom. The summed E-state index contributed by atoms with van der Waals surface area (Å²) in [4.78, 5) is 2.32. The van der Waals surface area contributed by atoms with E-state index in [1.54, 1.807) is 0 Å². The average Bonchev–Trinajstić information content (AvgIpc) is 2.31. The van der Waals surface area contributed by atoms with Gasteiger partial charge in [0.2, 0.25) is 0 Å². The summed E-state index contributed by atoms with van der Waals surface area (Å²) in [5.41, 5.74) is 0. The van der Waals surface area contributed by atoms with Gasteiger partial charge in [0.15, 0.2) is 0 Å². The topological polar surface area (TPSA) is 23.5 Å². The van der Waals surface area contributed by atoms with Gasteiger partial charge in [0.25, 0.3) is 0 Å². The molecule has 0 amide bonds. The first-order chi connectivity index (χ1) is 4.83. The molecule has 0 aliphatic carbocycles. The van der Waals surface area contributed by atoms with Crippen molar-refractivity contribution in [1.82, 2.24) is 4.90 Å². The summed E-state index contributed by atoms with van der Waals surface area (Å²) in [5, 5.41) is 9.15. The molecule has 1 fully saturated rings. The summed E-state index contributed by atoms with van der Waals surface area (Å²) in [5.74, 6) is 1.19. The lowest BCUT2D eigenvalue weighted by atomic mass is 10.3. The number of rotatable bonds is 3. The van der Waals surface area contributed by atoms with Gasteiger partial charge in [0.05, 0.1) is 6.10 Å². The van der Waals surface area contributed by atoms with Crippen LogP contribution >= 0.6 is 11.8 Å². The van der Waals surface area contributed by atoms with Crippen LogP contribution in [0.3, 0.4) is 0 Å². The highest BCUT2D eigenvalue weighted by atomic mass is 32.2. The van der Waals surface area contributed by atoms with Crippen LogP contribution in [0.2, 0.25) is 0 Å². The molecule has 0 unspecified atom stereocenters. The van der Waals surface area contributed by atoms with Gasteiger partial charge >= 0.3 is 0 Å².